The van der Waals surface area contributed by atoms with Crippen LogP contribution in [0.4, 0.5) is 0 Å². The van der Waals surface area contributed by atoms with Gasteiger partial charge in [0, 0.05) is 12.1 Å². The molecule has 1 aliphatic rings. The Morgan fingerprint density at radius 3 is 2.79 bits per heavy atom. The van der Waals surface area contributed by atoms with Crippen LogP contribution in [0.3, 0.4) is 0 Å². The maximum atomic E-state index is 6.39. The van der Waals surface area contributed by atoms with E-state index in [9.17, 15) is 0 Å². The average molecular weight is 260 g/mol. The zero-order chi connectivity index (χ0) is 13.5. The van der Waals surface area contributed by atoms with Crippen LogP contribution in [0.1, 0.15) is 57.1 Å². The fourth-order valence-electron chi connectivity index (χ4n) is 3.11. The largest absolute Gasteiger partial charge is 0.324 e. The molecule has 0 saturated carbocycles. The molecule has 2 heteroatoms. The summed E-state index contributed by atoms with van der Waals surface area (Å²) >= 11 is 0. The summed E-state index contributed by atoms with van der Waals surface area (Å²) in [5.74, 6) is 0. The Kier molecular flexibility index (Phi) is 5.87. The van der Waals surface area contributed by atoms with Gasteiger partial charge in [-0.2, -0.15) is 0 Å². The number of likely N-dealkylation sites (tertiary alicyclic amines) is 1. The lowest BCUT2D eigenvalue weighted by molar-refractivity contribution is 0.132. The Morgan fingerprint density at radius 1 is 1.26 bits per heavy atom. The second-order valence-corrected chi connectivity index (χ2v) is 5.79. The maximum absolute atomic E-state index is 6.39. The summed E-state index contributed by atoms with van der Waals surface area (Å²) in [5.41, 5.74) is 7.67. The Balaban J connectivity index is 1.91. The minimum absolute atomic E-state index is 0.188. The molecule has 1 heterocycles. The SMILES string of the molecule is CCCCN1CCCCC1CC(N)c1ccccc1. The first-order chi connectivity index (χ1) is 9.31. The van der Waals surface area contributed by atoms with Gasteiger partial charge in [0.1, 0.15) is 0 Å². The van der Waals surface area contributed by atoms with Crippen LogP contribution in [0, 0.1) is 0 Å². The molecule has 1 aromatic carbocycles. The summed E-state index contributed by atoms with van der Waals surface area (Å²) in [6.07, 6.45) is 7.76. The van der Waals surface area contributed by atoms with Crippen molar-refractivity contribution < 1.29 is 0 Å². The fraction of sp³-hybridized carbons (Fsp3) is 0.647. The monoisotopic (exact) mass is 260 g/mol. The van der Waals surface area contributed by atoms with E-state index in [-0.39, 0.29) is 6.04 Å². The third kappa shape index (κ3) is 4.32. The molecule has 2 atom stereocenters. The summed E-state index contributed by atoms with van der Waals surface area (Å²) in [5, 5.41) is 0. The highest BCUT2D eigenvalue weighted by Crippen LogP contribution is 2.25. The highest BCUT2D eigenvalue weighted by atomic mass is 15.2. The average Bonchev–Trinajstić information content (AvgIpc) is 2.47. The summed E-state index contributed by atoms with van der Waals surface area (Å²) < 4.78 is 0. The van der Waals surface area contributed by atoms with E-state index in [0.717, 1.165) is 6.42 Å². The van der Waals surface area contributed by atoms with Crippen LogP contribution >= 0.6 is 0 Å². The summed E-state index contributed by atoms with van der Waals surface area (Å²) in [7, 11) is 0. The number of nitrogens with zero attached hydrogens (tertiary/aromatic N) is 1. The van der Waals surface area contributed by atoms with Crippen molar-refractivity contribution in [2.45, 2.75) is 57.5 Å². The lowest BCUT2D eigenvalue weighted by atomic mass is 9.93. The number of rotatable bonds is 6. The number of hydrogen-bond acceptors (Lipinski definition) is 2. The predicted molar refractivity (Wildman–Crippen MR) is 82.1 cm³/mol. The minimum Gasteiger partial charge on any atom is -0.324 e. The number of piperidine rings is 1. The van der Waals surface area contributed by atoms with Gasteiger partial charge in [-0.3, -0.25) is 0 Å². The van der Waals surface area contributed by atoms with Gasteiger partial charge >= 0.3 is 0 Å². The molecule has 19 heavy (non-hydrogen) atoms. The zero-order valence-corrected chi connectivity index (χ0v) is 12.2. The van der Waals surface area contributed by atoms with Crippen molar-refractivity contribution in [1.82, 2.24) is 4.90 Å². The molecule has 0 bridgehead atoms. The van der Waals surface area contributed by atoms with E-state index in [1.807, 2.05) is 0 Å². The van der Waals surface area contributed by atoms with Crippen LogP contribution in [0.5, 0.6) is 0 Å². The van der Waals surface area contributed by atoms with Gasteiger partial charge in [-0.15, -0.1) is 0 Å². The Labute approximate surface area is 118 Å². The van der Waals surface area contributed by atoms with Crippen molar-refractivity contribution in [2.24, 2.45) is 5.73 Å². The van der Waals surface area contributed by atoms with Crippen LogP contribution in [0.15, 0.2) is 30.3 Å². The van der Waals surface area contributed by atoms with Crippen molar-refractivity contribution in [2.75, 3.05) is 13.1 Å². The molecule has 0 aromatic heterocycles. The topological polar surface area (TPSA) is 29.3 Å². The van der Waals surface area contributed by atoms with Crippen molar-refractivity contribution in [3.05, 3.63) is 35.9 Å². The molecule has 2 unspecified atom stereocenters. The first-order valence-corrected chi connectivity index (χ1v) is 7.86. The van der Waals surface area contributed by atoms with Crippen LogP contribution in [-0.4, -0.2) is 24.0 Å². The van der Waals surface area contributed by atoms with E-state index in [2.05, 4.69) is 42.2 Å². The minimum atomic E-state index is 0.188. The molecule has 2 rings (SSSR count). The summed E-state index contributed by atoms with van der Waals surface area (Å²) in [6.45, 7) is 4.80. The van der Waals surface area contributed by atoms with Gasteiger partial charge < -0.3 is 10.6 Å². The maximum Gasteiger partial charge on any atom is 0.0309 e. The number of hydrogen-bond donors (Lipinski definition) is 1. The number of nitrogens with two attached hydrogens (primary N) is 1. The number of benzene rings is 1. The highest BCUT2D eigenvalue weighted by molar-refractivity contribution is 5.18. The molecule has 2 N–H and O–H groups in total. The van der Waals surface area contributed by atoms with Gasteiger partial charge in [0.25, 0.3) is 0 Å². The van der Waals surface area contributed by atoms with E-state index < -0.39 is 0 Å². The van der Waals surface area contributed by atoms with Gasteiger partial charge in [0.15, 0.2) is 0 Å². The summed E-state index contributed by atoms with van der Waals surface area (Å²) in [4.78, 5) is 2.68. The van der Waals surface area contributed by atoms with E-state index in [1.54, 1.807) is 0 Å². The zero-order valence-electron chi connectivity index (χ0n) is 12.2. The smallest absolute Gasteiger partial charge is 0.0309 e. The molecular formula is C17H28N2. The van der Waals surface area contributed by atoms with Gasteiger partial charge in [0.05, 0.1) is 0 Å². The van der Waals surface area contributed by atoms with Crippen molar-refractivity contribution in [3.8, 4) is 0 Å². The van der Waals surface area contributed by atoms with E-state index in [0.29, 0.717) is 6.04 Å². The van der Waals surface area contributed by atoms with E-state index in [1.165, 1.54) is 50.8 Å². The van der Waals surface area contributed by atoms with Gasteiger partial charge in [-0.1, -0.05) is 50.1 Å². The van der Waals surface area contributed by atoms with Gasteiger partial charge in [0.2, 0.25) is 0 Å². The molecule has 0 radical (unpaired) electrons. The molecule has 106 valence electrons. The van der Waals surface area contributed by atoms with E-state index >= 15 is 0 Å². The third-order valence-electron chi connectivity index (χ3n) is 4.30. The van der Waals surface area contributed by atoms with Crippen LogP contribution in [0.25, 0.3) is 0 Å². The van der Waals surface area contributed by atoms with Crippen molar-refractivity contribution in [3.63, 3.8) is 0 Å². The lowest BCUT2D eigenvalue weighted by Crippen LogP contribution is -2.41. The first-order valence-electron chi connectivity index (χ1n) is 7.86. The Bertz CT molecular complexity index is 350. The standard InChI is InChI=1S/C17H28N2/c1-2-3-12-19-13-8-7-11-16(19)14-17(18)15-9-5-4-6-10-15/h4-6,9-10,16-17H,2-3,7-8,11-14,18H2,1H3. The van der Waals surface area contributed by atoms with Gasteiger partial charge in [-0.05, 0) is 44.3 Å². The fourth-order valence-corrected chi connectivity index (χ4v) is 3.11. The van der Waals surface area contributed by atoms with Crippen molar-refractivity contribution >= 4 is 0 Å². The van der Waals surface area contributed by atoms with Crippen LogP contribution < -0.4 is 5.73 Å². The second kappa shape index (κ2) is 7.66. The van der Waals surface area contributed by atoms with Crippen LogP contribution in [-0.2, 0) is 0 Å². The first kappa shape index (κ1) is 14.5. The van der Waals surface area contributed by atoms with Crippen LogP contribution in [0.2, 0.25) is 0 Å². The molecule has 1 aromatic rings. The number of unbranched alkanes of at least 4 members (excludes halogenated alkanes) is 1. The quantitative estimate of drug-likeness (QED) is 0.844. The predicted octanol–water partition coefficient (Wildman–Crippen LogP) is 3.73. The highest BCUT2D eigenvalue weighted by Gasteiger charge is 2.24. The molecule has 1 fully saturated rings. The normalized spacial score (nSPS) is 22.3. The second-order valence-electron chi connectivity index (χ2n) is 5.79. The summed E-state index contributed by atoms with van der Waals surface area (Å²) in [6, 6.07) is 11.4. The molecule has 0 spiro atoms. The molecule has 0 amide bonds. The molecule has 0 aliphatic carbocycles. The molecule has 1 saturated heterocycles. The van der Waals surface area contributed by atoms with Crippen molar-refractivity contribution in [1.29, 1.82) is 0 Å². The Hall–Kier alpha value is -0.860. The Morgan fingerprint density at radius 2 is 2.05 bits per heavy atom. The van der Waals surface area contributed by atoms with E-state index in [4.69, 9.17) is 5.73 Å². The molecule has 1 aliphatic heterocycles. The third-order valence-corrected chi connectivity index (χ3v) is 4.30. The molecule has 2 nitrogen and oxygen atoms in total. The van der Waals surface area contributed by atoms with Gasteiger partial charge in [-0.25, -0.2) is 0 Å². The molecular weight excluding hydrogens is 232 g/mol. The lowest BCUT2D eigenvalue weighted by Gasteiger charge is -2.37.